The summed E-state index contributed by atoms with van der Waals surface area (Å²) in [6, 6.07) is 14.3. The van der Waals surface area contributed by atoms with Gasteiger partial charge in [-0.3, -0.25) is 0 Å². The maximum atomic E-state index is 13.0. The van der Waals surface area contributed by atoms with Crippen molar-refractivity contribution in [2.45, 2.75) is 13.5 Å². The summed E-state index contributed by atoms with van der Waals surface area (Å²) in [6.07, 6.45) is 1.44. The van der Waals surface area contributed by atoms with Crippen molar-refractivity contribution in [1.29, 1.82) is 0 Å². The summed E-state index contributed by atoms with van der Waals surface area (Å²) in [5, 5.41) is 6.94. The van der Waals surface area contributed by atoms with E-state index in [-0.39, 0.29) is 12.4 Å². The molecule has 0 fully saturated rings. The van der Waals surface area contributed by atoms with Gasteiger partial charge in [-0.05, 0) is 66.1 Å². The monoisotopic (exact) mass is 519 g/mol. The number of aryl methyl sites for hydroxylation is 1. The van der Waals surface area contributed by atoms with Crippen LogP contribution < -0.4 is 20.2 Å². The second kappa shape index (κ2) is 11.0. The molecule has 0 bridgehead atoms. The number of halogens is 3. The van der Waals surface area contributed by atoms with Crippen LogP contribution in [-0.4, -0.2) is 19.4 Å². The number of nitrogens with one attached hydrogen (secondary N) is 2. The van der Waals surface area contributed by atoms with E-state index in [1.807, 2.05) is 19.1 Å². The standard InChI is InChI=1S/C23H20BrClFN3O3/c1-14-9-18(7-8-19(14)24)28-23(30)29-27-12-16-10-20(25)22(21(11-16)31-2)32-13-15-3-5-17(26)6-4-15/h3-12H,13H2,1-2H3,(H2,28,29,30)/b27-12+. The molecule has 166 valence electrons. The van der Waals surface area contributed by atoms with E-state index in [0.717, 1.165) is 15.6 Å². The van der Waals surface area contributed by atoms with Crippen molar-refractivity contribution in [1.82, 2.24) is 5.43 Å². The van der Waals surface area contributed by atoms with E-state index in [1.165, 1.54) is 25.5 Å². The minimum absolute atomic E-state index is 0.195. The van der Waals surface area contributed by atoms with E-state index in [0.29, 0.717) is 27.8 Å². The fourth-order valence-electron chi connectivity index (χ4n) is 2.74. The van der Waals surface area contributed by atoms with E-state index in [1.54, 1.807) is 30.3 Å². The molecule has 2 amide bonds. The third-order valence-electron chi connectivity index (χ3n) is 4.34. The van der Waals surface area contributed by atoms with Crippen LogP contribution in [0.3, 0.4) is 0 Å². The number of ether oxygens (including phenoxy) is 2. The quantitative estimate of drug-likeness (QED) is 0.284. The zero-order valence-electron chi connectivity index (χ0n) is 17.3. The molecule has 0 aliphatic carbocycles. The highest BCUT2D eigenvalue weighted by Gasteiger charge is 2.12. The van der Waals surface area contributed by atoms with Gasteiger partial charge in [0.05, 0.1) is 18.3 Å². The van der Waals surface area contributed by atoms with Crippen molar-refractivity contribution in [3.05, 3.63) is 86.6 Å². The summed E-state index contributed by atoms with van der Waals surface area (Å²) in [7, 11) is 1.49. The lowest BCUT2D eigenvalue weighted by molar-refractivity contribution is 0.252. The molecule has 0 saturated heterocycles. The summed E-state index contributed by atoms with van der Waals surface area (Å²) in [6.45, 7) is 2.12. The van der Waals surface area contributed by atoms with Gasteiger partial charge in [-0.25, -0.2) is 14.6 Å². The first kappa shape index (κ1) is 23.6. The van der Waals surface area contributed by atoms with Gasteiger partial charge in [0.2, 0.25) is 0 Å². The smallest absolute Gasteiger partial charge is 0.339 e. The Morgan fingerprint density at radius 2 is 1.94 bits per heavy atom. The van der Waals surface area contributed by atoms with Gasteiger partial charge in [-0.1, -0.05) is 39.7 Å². The summed E-state index contributed by atoms with van der Waals surface area (Å²) in [5.41, 5.74) is 5.42. The molecule has 0 unspecified atom stereocenters. The van der Waals surface area contributed by atoms with Gasteiger partial charge in [0.25, 0.3) is 0 Å². The molecule has 0 saturated carbocycles. The first-order valence-electron chi connectivity index (χ1n) is 9.46. The Morgan fingerprint density at radius 3 is 2.62 bits per heavy atom. The molecule has 6 nitrogen and oxygen atoms in total. The van der Waals surface area contributed by atoms with Gasteiger partial charge in [0, 0.05) is 10.2 Å². The maximum Gasteiger partial charge on any atom is 0.339 e. The van der Waals surface area contributed by atoms with E-state index in [2.05, 4.69) is 31.8 Å². The predicted molar refractivity (Wildman–Crippen MR) is 127 cm³/mol. The highest BCUT2D eigenvalue weighted by atomic mass is 79.9. The van der Waals surface area contributed by atoms with Gasteiger partial charge in [0.15, 0.2) is 11.5 Å². The van der Waals surface area contributed by atoms with Crippen molar-refractivity contribution >= 4 is 45.5 Å². The molecular formula is C23H20BrClFN3O3. The number of urea groups is 1. The molecular weight excluding hydrogens is 501 g/mol. The molecule has 3 aromatic rings. The van der Waals surface area contributed by atoms with Crippen LogP contribution >= 0.6 is 27.5 Å². The molecule has 3 rings (SSSR count). The molecule has 0 atom stereocenters. The Kier molecular flexibility index (Phi) is 8.08. The van der Waals surface area contributed by atoms with E-state index >= 15 is 0 Å². The van der Waals surface area contributed by atoms with Crippen molar-refractivity contribution in [2.24, 2.45) is 5.10 Å². The molecule has 2 N–H and O–H groups in total. The molecule has 0 spiro atoms. The van der Waals surface area contributed by atoms with Crippen LogP contribution in [0.2, 0.25) is 5.02 Å². The number of benzene rings is 3. The average molecular weight is 521 g/mol. The maximum absolute atomic E-state index is 13.0. The molecule has 32 heavy (non-hydrogen) atoms. The average Bonchev–Trinajstić information content (AvgIpc) is 2.76. The lowest BCUT2D eigenvalue weighted by Gasteiger charge is -2.13. The minimum Gasteiger partial charge on any atom is -0.493 e. The van der Waals surface area contributed by atoms with Crippen LogP contribution in [0.1, 0.15) is 16.7 Å². The summed E-state index contributed by atoms with van der Waals surface area (Å²) in [4.78, 5) is 12.0. The first-order chi connectivity index (χ1) is 15.4. The molecule has 3 aromatic carbocycles. The van der Waals surface area contributed by atoms with Crippen molar-refractivity contribution in [3.63, 3.8) is 0 Å². The topological polar surface area (TPSA) is 72.0 Å². The Labute approximate surface area is 198 Å². The van der Waals surface area contributed by atoms with Crippen molar-refractivity contribution in [2.75, 3.05) is 12.4 Å². The van der Waals surface area contributed by atoms with Crippen LogP contribution in [0.25, 0.3) is 0 Å². The molecule has 0 aromatic heterocycles. The third kappa shape index (κ3) is 6.45. The van der Waals surface area contributed by atoms with Gasteiger partial charge in [-0.15, -0.1) is 0 Å². The Bertz CT molecular complexity index is 1140. The Hall–Kier alpha value is -3.10. The van der Waals surface area contributed by atoms with E-state index in [4.69, 9.17) is 21.1 Å². The van der Waals surface area contributed by atoms with Crippen LogP contribution in [-0.2, 0) is 6.61 Å². The normalized spacial score (nSPS) is 10.8. The second-order valence-corrected chi connectivity index (χ2v) is 8.00. The Balaban J connectivity index is 1.62. The van der Waals surface area contributed by atoms with Crippen molar-refractivity contribution < 1.29 is 18.7 Å². The highest BCUT2D eigenvalue weighted by molar-refractivity contribution is 9.10. The van der Waals surface area contributed by atoms with E-state index in [9.17, 15) is 9.18 Å². The number of methoxy groups -OCH3 is 1. The van der Waals surface area contributed by atoms with Gasteiger partial charge in [-0.2, -0.15) is 5.10 Å². The number of hydrogen-bond donors (Lipinski definition) is 2. The molecule has 0 heterocycles. The van der Waals surface area contributed by atoms with Gasteiger partial charge < -0.3 is 14.8 Å². The number of carbonyl (C=O) groups excluding carboxylic acids is 1. The number of hydrazone groups is 1. The molecule has 0 radical (unpaired) electrons. The van der Waals surface area contributed by atoms with Crippen molar-refractivity contribution in [3.8, 4) is 11.5 Å². The number of carbonyl (C=O) groups is 1. The lowest BCUT2D eigenvalue weighted by atomic mass is 10.2. The summed E-state index contributed by atoms with van der Waals surface area (Å²) in [5.74, 6) is 0.435. The lowest BCUT2D eigenvalue weighted by Crippen LogP contribution is -2.24. The zero-order valence-corrected chi connectivity index (χ0v) is 19.6. The number of anilines is 1. The first-order valence-corrected chi connectivity index (χ1v) is 10.6. The van der Waals surface area contributed by atoms with Crippen LogP contribution in [0.4, 0.5) is 14.9 Å². The molecule has 0 aliphatic heterocycles. The summed E-state index contributed by atoms with van der Waals surface area (Å²) >= 11 is 9.77. The largest absolute Gasteiger partial charge is 0.493 e. The second-order valence-electron chi connectivity index (χ2n) is 6.74. The number of nitrogens with zero attached hydrogens (tertiary/aromatic N) is 1. The third-order valence-corrected chi connectivity index (χ3v) is 5.51. The number of rotatable bonds is 7. The predicted octanol–water partition coefficient (Wildman–Crippen LogP) is 6.29. The number of hydrogen-bond acceptors (Lipinski definition) is 4. The molecule has 0 aliphatic rings. The van der Waals surface area contributed by atoms with Crippen LogP contribution in [0.5, 0.6) is 11.5 Å². The van der Waals surface area contributed by atoms with Gasteiger partial charge in [0.1, 0.15) is 12.4 Å². The number of amides is 2. The van der Waals surface area contributed by atoms with E-state index < -0.39 is 6.03 Å². The highest BCUT2D eigenvalue weighted by Crippen LogP contribution is 2.36. The fourth-order valence-corrected chi connectivity index (χ4v) is 3.26. The van der Waals surface area contributed by atoms with Crippen LogP contribution in [0.15, 0.2) is 64.2 Å². The SMILES string of the molecule is COc1cc(/C=N/NC(=O)Nc2ccc(Br)c(C)c2)cc(Cl)c1OCc1ccc(F)cc1. The fraction of sp³-hybridized carbons (Fsp3) is 0.130. The Morgan fingerprint density at radius 1 is 1.19 bits per heavy atom. The minimum atomic E-state index is -0.486. The molecule has 9 heteroatoms. The summed E-state index contributed by atoms with van der Waals surface area (Å²) < 4.78 is 25.1. The van der Waals surface area contributed by atoms with Gasteiger partial charge >= 0.3 is 6.03 Å². The zero-order chi connectivity index (χ0) is 23.1. The van der Waals surface area contributed by atoms with Crippen LogP contribution in [0, 0.1) is 12.7 Å².